The summed E-state index contributed by atoms with van der Waals surface area (Å²) >= 11 is 0. The second kappa shape index (κ2) is 5.98. The monoisotopic (exact) mass is 355 g/mol. The van der Waals surface area contributed by atoms with Crippen LogP contribution in [0.2, 0.25) is 0 Å². The van der Waals surface area contributed by atoms with Crippen LogP contribution in [0.5, 0.6) is 0 Å². The fourth-order valence-corrected chi connectivity index (χ4v) is 4.55. The van der Waals surface area contributed by atoms with E-state index in [0.29, 0.717) is 11.5 Å². The molecular formula is C24H21NO2. The van der Waals surface area contributed by atoms with E-state index >= 15 is 0 Å². The van der Waals surface area contributed by atoms with Crippen molar-refractivity contribution in [1.29, 1.82) is 0 Å². The number of nitrogens with zero attached hydrogens (tertiary/aromatic N) is 1. The average molecular weight is 355 g/mol. The van der Waals surface area contributed by atoms with Crippen LogP contribution in [-0.2, 0) is 5.41 Å². The van der Waals surface area contributed by atoms with Gasteiger partial charge in [-0.2, -0.15) is 0 Å². The fourth-order valence-electron chi connectivity index (χ4n) is 4.55. The van der Waals surface area contributed by atoms with Gasteiger partial charge in [0.05, 0.1) is 0 Å². The number of hydrogen-bond donors (Lipinski definition) is 1. The number of furan rings is 1. The zero-order valence-electron chi connectivity index (χ0n) is 15.2. The lowest BCUT2D eigenvalue weighted by Crippen LogP contribution is -2.42. The van der Waals surface area contributed by atoms with Crippen LogP contribution in [0, 0.1) is 5.92 Å². The molecule has 1 aliphatic carbocycles. The van der Waals surface area contributed by atoms with E-state index in [1.165, 1.54) is 10.9 Å². The third-order valence-corrected chi connectivity index (χ3v) is 6.04. The summed E-state index contributed by atoms with van der Waals surface area (Å²) < 4.78 is 6.07. The van der Waals surface area contributed by atoms with Gasteiger partial charge in [0.2, 0.25) is 0 Å². The van der Waals surface area contributed by atoms with Crippen LogP contribution in [0.3, 0.4) is 0 Å². The molecule has 0 atom stereocenters. The molecule has 3 heteroatoms. The first-order chi connectivity index (χ1) is 13.2. The lowest BCUT2D eigenvalue weighted by Gasteiger charge is -2.45. The molecule has 27 heavy (non-hydrogen) atoms. The average Bonchev–Trinajstić information content (AvgIpc) is 3.12. The van der Waals surface area contributed by atoms with Crippen molar-refractivity contribution in [2.45, 2.75) is 25.2 Å². The third-order valence-electron chi connectivity index (χ3n) is 6.04. The second-order valence-electron chi connectivity index (χ2n) is 7.83. The third kappa shape index (κ3) is 2.54. The molecule has 1 aromatic heterocycles. The van der Waals surface area contributed by atoms with Crippen molar-refractivity contribution in [3.05, 3.63) is 84.1 Å². The maximum absolute atomic E-state index is 9.72. The Balaban J connectivity index is 1.48. The molecule has 1 fully saturated rings. The van der Waals surface area contributed by atoms with E-state index in [-0.39, 0.29) is 11.3 Å². The first kappa shape index (κ1) is 16.1. The van der Waals surface area contributed by atoms with Crippen LogP contribution < -0.4 is 0 Å². The number of oxime groups is 1. The van der Waals surface area contributed by atoms with Crippen molar-refractivity contribution in [2.24, 2.45) is 11.1 Å². The predicted octanol–water partition coefficient (Wildman–Crippen LogP) is 6.13. The van der Waals surface area contributed by atoms with Crippen molar-refractivity contribution in [3.63, 3.8) is 0 Å². The van der Waals surface area contributed by atoms with Crippen LogP contribution in [0.4, 0.5) is 0 Å². The number of fused-ring (bicyclic) bond motifs is 3. The smallest absolute Gasteiger partial charge is 0.153 e. The summed E-state index contributed by atoms with van der Waals surface area (Å²) in [5.74, 6) is 0.871. The largest absolute Gasteiger partial charge is 0.455 e. The Hall–Kier alpha value is -3.07. The Morgan fingerprint density at radius 3 is 2.48 bits per heavy atom. The van der Waals surface area contributed by atoms with E-state index in [2.05, 4.69) is 54.5 Å². The van der Waals surface area contributed by atoms with Crippen molar-refractivity contribution >= 4 is 27.5 Å². The predicted molar refractivity (Wildman–Crippen MR) is 109 cm³/mol. The summed E-state index contributed by atoms with van der Waals surface area (Å²) in [4.78, 5) is 0. The van der Waals surface area contributed by atoms with E-state index in [4.69, 9.17) is 4.42 Å². The Labute approximate surface area is 157 Å². The molecule has 0 unspecified atom stereocenters. The first-order valence-electron chi connectivity index (χ1n) is 9.37. The van der Waals surface area contributed by atoms with Crippen LogP contribution in [-0.4, -0.2) is 10.9 Å². The lowest BCUT2D eigenvalue weighted by molar-refractivity contribution is 0.209. The first-order valence-corrected chi connectivity index (χ1v) is 9.37. The highest BCUT2D eigenvalue weighted by Gasteiger charge is 2.45. The topological polar surface area (TPSA) is 45.7 Å². The maximum Gasteiger partial charge on any atom is 0.153 e. The quantitative estimate of drug-likeness (QED) is 0.273. The van der Waals surface area contributed by atoms with E-state index < -0.39 is 0 Å². The van der Waals surface area contributed by atoms with Gasteiger partial charge >= 0.3 is 0 Å². The Bertz CT molecular complexity index is 1150. The molecule has 1 heterocycles. The van der Waals surface area contributed by atoms with Crippen molar-refractivity contribution < 1.29 is 9.62 Å². The summed E-state index contributed by atoms with van der Waals surface area (Å²) in [7, 11) is 0. The fraction of sp³-hybridized carbons (Fsp3) is 0.208. The molecule has 3 aromatic carbocycles. The van der Waals surface area contributed by atoms with Crippen LogP contribution in [0.25, 0.3) is 21.7 Å². The SMILES string of the molecule is CC1(c2ccccc2)CC(C(=NO)c2cc3c(ccc4ccccc43)o2)C1. The molecule has 1 saturated carbocycles. The standard InChI is InChI=1S/C24H21NO2/c1-24(18-8-3-2-4-9-18)14-17(15-24)23(25-26)22-13-20-19-10-6-5-7-16(19)11-12-21(20)27-22/h2-13,17,26H,14-15H2,1H3. The zero-order chi connectivity index (χ0) is 18.4. The molecule has 0 amide bonds. The van der Waals surface area contributed by atoms with Crippen molar-refractivity contribution in [1.82, 2.24) is 0 Å². The molecule has 0 aliphatic heterocycles. The summed E-state index contributed by atoms with van der Waals surface area (Å²) in [6.07, 6.45) is 1.91. The number of benzene rings is 3. The van der Waals surface area contributed by atoms with Gasteiger partial charge in [0.15, 0.2) is 5.76 Å². The molecule has 0 bridgehead atoms. The zero-order valence-corrected chi connectivity index (χ0v) is 15.2. The van der Waals surface area contributed by atoms with Gasteiger partial charge in [0, 0.05) is 11.3 Å². The molecule has 5 rings (SSSR count). The van der Waals surface area contributed by atoms with Gasteiger partial charge in [-0.25, -0.2) is 0 Å². The van der Waals surface area contributed by atoms with E-state index in [1.807, 2.05) is 30.3 Å². The highest BCUT2D eigenvalue weighted by Crippen LogP contribution is 2.49. The van der Waals surface area contributed by atoms with E-state index in [1.54, 1.807) is 0 Å². The second-order valence-corrected chi connectivity index (χ2v) is 7.83. The van der Waals surface area contributed by atoms with Crippen molar-refractivity contribution in [3.8, 4) is 0 Å². The summed E-state index contributed by atoms with van der Waals surface area (Å²) in [6, 6.07) is 24.9. The molecule has 3 nitrogen and oxygen atoms in total. The number of rotatable bonds is 3. The molecule has 134 valence electrons. The minimum absolute atomic E-state index is 0.126. The van der Waals surface area contributed by atoms with Crippen LogP contribution in [0.15, 0.2) is 82.4 Å². The molecule has 4 aromatic rings. The summed E-state index contributed by atoms with van der Waals surface area (Å²) in [5, 5.41) is 16.8. The Morgan fingerprint density at radius 2 is 1.70 bits per heavy atom. The van der Waals surface area contributed by atoms with E-state index in [9.17, 15) is 5.21 Å². The highest BCUT2D eigenvalue weighted by molar-refractivity contribution is 6.10. The lowest BCUT2D eigenvalue weighted by atomic mass is 9.58. The van der Waals surface area contributed by atoms with Crippen LogP contribution >= 0.6 is 0 Å². The normalized spacial score (nSPS) is 22.9. The molecule has 0 saturated heterocycles. The Kier molecular flexibility index (Phi) is 3.57. The van der Waals surface area contributed by atoms with Gasteiger partial charge in [0.25, 0.3) is 0 Å². The summed E-state index contributed by atoms with van der Waals surface area (Å²) in [6.45, 7) is 2.28. The van der Waals surface area contributed by atoms with Gasteiger partial charge in [-0.1, -0.05) is 72.7 Å². The summed E-state index contributed by atoms with van der Waals surface area (Å²) in [5.41, 5.74) is 2.95. The number of hydrogen-bond acceptors (Lipinski definition) is 3. The highest BCUT2D eigenvalue weighted by atomic mass is 16.4. The van der Waals surface area contributed by atoms with Gasteiger partial charge in [-0.3, -0.25) is 0 Å². The molecular weight excluding hydrogens is 334 g/mol. The molecule has 0 radical (unpaired) electrons. The molecule has 1 N–H and O–H groups in total. The van der Waals surface area contributed by atoms with Gasteiger partial charge in [-0.15, -0.1) is 0 Å². The van der Waals surface area contributed by atoms with Gasteiger partial charge in [0.1, 0.15) is 11.3 Å². The van der Waals surface area contributed by atoms with Crippen LogP contribution in [0.1, 0.15) is 31.1 Å². The van der Waals surface area contributed by atoms with E-state index in [0.717, 1.165) is 29.2 Å². The molecule has 0 spiro atoms. The minimum atomic E-state index is 0.126. The maximum atomic E-state index is 9.72. The molecule has 1 aliphatic rings. The Morgan fingerprint density at radius 1 is 0.963 bits per heavy atom. The van der Waals surface area contributed by atoms with Gasteiger partial charge in [-0.05, 0) is 46.7 Å². The minimum Gasteiger partial charge on any atom is -0.455 e. The van der Waals surface area contributed by atoms with Crippen molar-refractivity contribution in [2.75, 3.05) is 0 Å². The van der Waals surface area contributed by atoms with Gasteiger partial charge < -0.3 is 9.62 Å².